The summed E-state index contributed by atoms with van der Waals surface area (Å²) in [5.41, 5.74) is 2.36. The molecule has 1 aliphatic rings. The minimum atomic E-state index is -0.487. The number of aromatic amines is 1. The Morgan fingerprint density at radius 1 is 1.25 bits per heavy atom. The number of H-pyrrole nitrogens is 1. The van der Waals surface area contributed by atoms with Crippen molar-refractivity contribution in [1.82, 2.24) is 14.5 Å². The molecule has 1 N–H and O–H groups in total. The third-order valence-electron chi connectivity index (χ3n) is 4.35. The van der Waals surface area contributed by atoms with Crippen LogP contribution in [-0.2, 0) is 4.74 Å². The summed E-state index contributed by atoms with van der Waals surface area (Å²) in [6.45, 7) is 8.82. The van der Waals surface area contributed by atoms with Crippen molar-refractivity contribution in [3.8, 4) is 0 Å². The van der Waals surface area contributed by atoms with Gasteiger partial charge in [0.25, 0.3) is 0 Å². The van der Waals surface area contributed by atoms with Crippen LogP contribution in [0.2, 0.25) is 0 Å². The van der Waals surface area contributed by atoms with Crippen molar-refractivity contribution in [2.75, 3.05) is 13.1 Å². The highest BCUT2D eigenvalue weighted by Gasteiger charge is 2.28. The van der Waals surface area contributed by atoms with Gasteiger partial charge in [0.15, 0.2) is 0 Å². The zero-order valence-electron chi connectivity index (χ0n) is 14.8. The lowest BCUT2D eigenvalue weighted by Gasteiger charge is -2.33. The Kier molecular flexibility index (Phi) is 4.15. The number of hydrogen-bond donors (Lipinski definition) is 1. The first-order valence-electron chi connectivity index (χ1n) is 8.43. The summed E-state index contributed by atoms with van der Waals surface area (Å²) < 4.78 is 7.27. The standard InChI is InChI=1S/C18H25N3O3/c1-12-5-6-14-15(11-12)21(16(22)19-14)13-7-9-20(10-8-13)17(23)24-18(2,3)4/h5-6,11,13H,7-10H2,1-4H3,(H,19,22). The number of rotatable bonds is 1. The second-order valence-electron chi connectivity index (χ2n) is 7.52. The van der Waals surface area contributed by atoms with Crippen LogP contribution in [0.4, 0.5) is 4.79 Å². The van der Waals surface area contributed by atoms with Gasteiger partial charge in [0.05, 0.1) is 11.0 Å². The molecule has 2 aromatic rings. The molecule has 130 valence electrons. The van der Waals surface area contributed by atoms with E-state index in [9.17, 15) is 9.59 Å². The molecule has 2 heterocycles. The molecule has 0 unspecified atom stereocenters. The zero-order chi connectivity index (χ0) is 17.5. The number of likely N-dealkylation sites (tertiary alicyclic amines) is 1. The predicted molar refractivity (Wildman–Crippen MR) is 93.4 cm³/mol. The van der Waals surface area contributed by atoms with Gasteiger partial charge < -0.3 is 14.6 Å². The summed E-state index contributed by atoms with van der Waals surface area (Å²) in [6.07, 6.45) is 1.23. The van der Waals surface area contributed by atoms with Crippen molar-refractivity contribution in [2.24, 2.45) is 0 Å². The van der Waals surface area contributed by atoms with E-state index in [0.717, 1.165) is 29.4 Å². The number of amides is 1. The van der Waals surface area contributed by atoms with E-state index in [4.69, 9.17) is 4.74 Å². The number of hydrogen-bond acceptors (Lipinski definition) is 3. The number of aryl methyl sites for hydroxylation is 1. The summed E-state index contributed by atoms with van der Waals surface area (Å²) in [6, 6.07) is 6.08. The van der Waals surface area contributed by atoms with Gasteiger partial charge >= 0.3 is 11.8 Å². The Hall–Kier alpha value is -2.24. The number of fused-ring (bicyclic) bond motifs is 1. The van der Waals surface area contributed by atoms with Crippen molar-refractivity contribution in [3.63, 3.8) is 0 Å². The Morgan fingerprint density at radius 2 is 1.92 bits per heavy atom. The first-order valence-corrected chi connectivity index (χ1v) is 8.43. The van der Waals surface area contributed by atoms with E-state index < -0.39 is 5.60 Å². The Labute approximate surface area is 141 Å². The number of imidazole rings is 1. The average molecular weight is 331 g/mol. The fourth-order valence-corrected chi connectivity index (χ4v) is 3.23. The molecule has 1 amide bonds. The van der Waals surface area contributed by atoms with Crippen molar-refractivity contribution in [2.45, 2.75) is 52.2 Å². The third-order valence-corrected chi connectivity index (χ3v) is 4.35. The molecule has 0 spiro atoms. The maximum absolute atomic E-state index is 12.4. The van der Waals surface area contributed by atoms with Crippen LogP contribution in [-0.4, -0.2) is 39.2 Å². The number of piperidine rings is 1. The molecule has 0 saturated carbocycles. The number of aromatic nitrogens is 2. The van der Waals surface area contributed by atoms with Gasteiger partial charge in [-0.1, -0.05) is 6.07 Å². The molecule has 6 nitrogen and oxygen atoms in total. The van der Waals surface area contributed by atoms with E-state index in [1.165, 1.54) is 0 Å². The molecule has 1 aliphatic heterocycles. The number of carbonyl (C=O) groups is 1. The molecule has 1 fully saturated rings. The van der Waals surface area contributed by atoms with E-state index in [0.29, 0.717) is 13.1 Å². The van der Waals surface area contributed by atoms with Gasteiger partial charge in [-0.3, -0.25) is 4.57 Å². The Balaban J connectivity index is 1.76. The average Bonchev–Trinajstić information content (AvgIpc) is 2.81. The summed E-state index contributed by atoms with van der Waals surface area (Å²) in [5.74, 6) is 0. The fraction of sp³-hybridized carbons (Fsp3) is 0.556. The number of ether oxygens (including phenoxy) is 1. The minimum absolute atomic E-state index is 0.0775. The highest BCUT2D eigenvalue weighted by molar-refractivity contribution is 5.76. The Bertz CT molecular complexity index is 805. The first kappa shape index (κ1) is 16.6. The van der Waals surface area contributed by atoms with Crippen molar-refractivity contribution in [3.05, 3.63) is 34.2 Å². The van der Waals surface area contributed by atoms with Crippen LogP contribution in [0.25, 0.3) is 11.0 Å². The maximum Gasteiger partial charge on any atom is 0.410 e. The van der Waals surface area contributed by atoms with Gasteiger partial charge in [0.1, 0.15) is 5.60 Å². The van der Waals surface area contributed by atoms with Crippen LogP contribution in [0, 0.1) is 6.92 Å². The molecule has 1 saturated heterocycles. The maximum atomic E-state index is 12.4. The van der Waals surface area contributed by atoms with E-state index in [1.54, 1.807) is 4.90 Å². The summed E-state index contributed by atoms with van der Waals surface area (Å²) in [5, 5.41) is 0. The lowest BCUT2D eigenvalue weighted by atomic mass is 10.0. The largest absolute Gasteiger partial charge is 0.444 e. The van der Waals surface area contributed by atoms with Crippen LogP contribution < -0.4 is 5.69 Å². The summed E-state index contributed by atoms with van der Waals surface area (Å²) in [7, 11) is 0. The van der Waals surface area contributed by atoms with Crippen LogP contribution in [0.5, 0.6) is 0 Å². The first-order chi connectivity index (χ1) is 11.2. The van der Waals surface area contributed by atoms with Gasteiger partial charge in [-0.2, -0.15) is 0 Å². The molecule has 0 bridgehead atoms. The predicted octanol–water partition coefficient (Wildman–Crippen LogP) is 3.21. The molecular weight excluding hydrogens is 306 g/mol. The van der Waals surface area contributed by atoms with Gasteiger partial charge in [0.2, 0.25) is 0 Å². The lowest BCUT2D eigenvalue weighted by molar-refractivity contribution is 0.0189. The smallest absolute Gasteiger partial charge is 0.410 e. The molecule has 1 aromatic carbocycles. The van der Waals surface area contributed by atoms with Crippen molar-refractivity contribution < 1.29 is 9.53 Å². The van der Waals surface area contributed by atoms with E-state index in [-0.39, 0.29) is 17.8 Å². The molecule has 0 aliphatic carbocycles. The van der Waals surface area contributed by atoms with Crippen molar-refractivity contribution in [1.29, 1.82) is 0 Å². The normalized spacial score (nSPS) is 16.6. The monoisotopic (exact) mass is 331 g/mol. The lowest BCUT2D eigenvalue weighted by Crippen LogP contribution is -2.43. The van der Waals surface area contributed by atoms with Gasteiger partial charge in [0, 0.05) is 19.1 Å². The minimum Gasteiger partial charge on any atom is -0.444 e. The number of nitrogens with one attached hydrogen (secondary N) is 1. The van der Waals surface area contributed by atoms with Crippen LogP contribution in [0.1, 0.15) is 45.2 Å². The van der Waals surface area contributed by atoms with E-state index in [2.05, 4.69) is 4.98 Å². The molecule has 1 aromatic heterocycles. The zero-order valence-corrected chi connectivity index (χ0v) is 14.8. The van der Waals surface area contributed by atoms with Gasteiger partial charge in [-0.15, -0.1) is 0 Å². The molecule has 0 radical (unpaired) electrons. The summed E-state index contributed by atoms with van der Waals surface area (Å²) in [4.78, 5) is 29.2. The SMILES string of the molecule is Cc1ccc2[nH]c(=O)n(C3CCN(C(=O)OC(C)(C)C)CC3)c2c1. The van der Waals surface area contributed by atoms with E-state index >= 15 is 0 Å². The molecule has 6 heteroatoms. The number of carbonyl (C=O) groups excluding carboxylic acids is 1. The molecule has 3 rings (SSSR count). The highest BCUT2D eigenvalue weighted by Crippen LogP contribution is 2.26. The third kappa shape index (κ3) is 3.32. The highest BCUT2D eigenvalue weighted by atomic mass is 16.6. The van der Waals surface area contributed by atoms with Gasteiger partial charge in [-0.25, -0.2) is 9.59 Å². The number of nitrogens with zero attached hydrogens (tertiary/aromatic N) is 2. The second-order valence-corrected chi connectivity index (χ2v) is 7.52. The van der Waals surface area contributed by atoms with Gasteiger partial charge in [-0.05, 0) is 58.2 Å². The second kappa shape index (κ2) is 6.00. The van der Waals surface area contributed by atoms with Crippen molar-refractivity contribution >= 4 is 17.1 Å². The Morgan fingerprint density at radius 3 is 2.54 bits per heavy atom. The topological polar surface area (TPSA) is 67.3 Å². The van der Waals surface area contributed by atoms with Crippen LogP contribution >= 0.6 is 0 Å². The molecule has 24 heavy (non-hydrogen) atoms. The van der Waals surface area contributed by atoms with Crippen LogP contribution in [0.15, 0.2) is 23.0 Å². The van der Waals surface area contributed by atoms with Crippen LogP contribution in [0.3, 0.4) is 0 Å². The summed E-state index contributed by atoms with van der Waals surface area (Å²) >= 11 is 0. The molecule has 0 atom stereocenters. The fourth-order valence-electron chi connectivity index (χ4n) is 3.23. The molecular formula is C18H25N3O3. The number of benzene rings is 1. The quantitative estimate of drug-likeness (QED) is 0.872. The van der Waals surface area contributed by atoms with E-state index in [1.807, 2.05) is 50.5 Å².